The molecule has 1 aliphatic rings. The van der Waals surface area contributed by atoms with E-state index in [0.29, 0.717) is 10.7 Å². The number of nitrogens with zero attached hydrogens (tertiary/aromatic N) is 3. The molecule has 0 N–H and O–H groups in total. The van der Waals surface area contributed by atoms with Crippen molar-refractivity contribution in [1.82, 2.24) is 14.8 Å². The molecule has 0 saturated carbocycles. The topological polar surface area (TPSA) is 36.4 Å². The second-order valence-electron chi connectivity index (χ2n) is 4.83. The smallest absolute Gasteiger partial charge is 0.255 e. The van der Waals surface area contributed by atoms with Gasteiger partial charge in [0.1, 0.15) is 5.15 Å². The third kappa shape index (κ3) is 3.00. The highest BCUT2D eigenvalue weighted by atomic mass is 35.5. The van der Waals surface area contributed by atoms with Crippen LogP contribution in [0.5, 0.6) is 0 Å². The minimum atomic E-state index is 0.0435. The molecule has 0 bridgehead atoms. The number of carbonyl (C=O) groups excluding carboxylic acids is 1. The Morgan fingerprint density at radius 2 is 2.22 bits per heavy atom. The standard InChI is InChI=1S/C13H18ClN3O/c1-10-9-16(2)6-3-7-17(10)13(18)11-4-5-12(14)15-8-11/h4-5,8,10H,3,6-7,9H2,1-2H3. The zero-order chi connectivity index (χ0) is 13.1. The van der Waals surface area contributed by atoms with Gasteiger partial charge in [0.25, 0.3) is 5.91 Å². The second-order valence-corrected chi connectivity index (χ2v) is 5.22. The molecule has 1 atom stereocenters. The van der Waals surface area contributed by atoms with Crippen molar-refractivity contribution < 1.29 is 4.79 Å². The fourth-order valence-electron chi connectivity index (χ4n) is 2.34. The third-order valence-electron chi connectivity index (χ3n) is 3.28. The van der Waals surface area contributed by atoms with Crippen molar-refractivity contribution in [1.29, 1.82) is 0 Å². The molecule has 1 aromatic rings. The van der Waals surface area contributed by atoms with Gasteiger partial charge < -0.3 is 9.80 Å². The van der Waals surface area contributed by atoms with Gasteiger partial charge in [0.2, 0.25) is 0 Å². The summed E-state index contributed by atoms with van der Waals surface area (Å²) in [5.74, 6) is 0.0435. The van der Waals surface area contributed by atoms with E-state index in [9.17, 15) is 4.79 Å². The monoisotopic (exact) mass is 267 g/mol. The molecule has 1 aromatic heterocycles. The lowest BCUT2D eigenvalue weighted by Crippen LogP contribution is -2.42. The minimum absolute atomic E-state index is 0.0435. The lowest BCUT2D eigenvalue weighted by molar-refractivity contribution is 0.0696. The van der Waals surface area contributed by atoms with Crippen molar-refractivity contribution in [2.45, 2.75) is 19.4 Å². The molecule has 0 aliphatic carbocycles. The highest BCUT2D eigenvalue weighted by Crippen LogP contribution is 2.14. The Hall–Kier alpha value is -1.13. The first-order chi connectivity index (χ1) is 8.58. The summed E-state index contributed by atoms with van der Waals surface area (Å²) in [6.45, 7) is 4.83. The number of likely N-dealkylation sites (N-methyl/N-ethyl adjacent to an activating group) is 1. The summed E-state index contributed by atoms with van der Waals surface area (Å²) in [7, 11) is 2.09. The van der Waals surface area contributed by atoms with Crippen LogP contribution in [0.1, 0.15) is 23.7 Å². The van der Waals surface area contributed by atoms with Crippen LogP contribution in [-0.4, -0.2) is 53.4 Å². The summed E-state index contributed by atoms with van der Waals surface area (Å²) in [6.07, 6.45) is 2.56. The Balaban J connectivity index is 2.14. The Morgan fingerprint density at radius 1 is 1.44 bits per heavy atom. The highest BCUT2D eigenvalue weighted by molar-refractivity contribution is 6.29. The third-order valence-corrected chi connectivity index (χ3v) is 3.51. The quantitative estimate of drug-likeness (QED) is 0.730. The van der Waals surface area contributed by atoms with E-state index in [2.05, 4.69) is 23.9 Å². The van der Waals surface area contributed by atoms with Gasteiger partial charge in [-0.1, -0.05) is 11.6 Å². The van der Waals surface area contributed by atoms with Crippen molar-refractivity contribution in [2.24, 2.45) is 0 Å². The molecular weight excluding hydrogens is 250 g/mol. The maximum absolute atomic E-state index is 12.4. The van der Waals surface area contributed by atoms with Crippen LogP contribution in [0.15, 0.2) is 18.3 Å². The van der Waals surface area contributed by atoms with E-state index in [1.165, 1.54) is 0 Å². The van der Waals surface area contributed by atoms with E-state index in [1.807, 2.05) is 4.90 Å². The number of amides is 1. The van der Waals surface area contributed by atoms with Gasteiger partial charge in [-0.05, 0) is 39.1 Å². The predicted octanol–water partition coefficient (Wildman–Crippen LogP) is 1.90. The van der Waals surface area contributed by atoms with Gasteiger partial charge in [-0.2, -0.15) is 0 Å². The summed E-state index contributed by atoms with van der Waals surface area (Å²) in [5.41, 5.74) is 0.607. The van der Waals surface area contributed by atoms with Gasteiger partial charge in [0, 0.05) is 25.3 Å². The maximum Gasteiger partial charge on any atom is 0.255 e. The van der Waals surface area contributed by atoms with E-state index in [0.717, 1.165) is 26.1 Å². The number of hydrogen-bond donors (Lipinski definition) is 0. The largest absolute Gasteiger partial charge is 0.335 e. The minimum Gasteiger partial charge on any atom is -0.335 e. The summed E-state index contributed by atoms with van der Waals surface area (Å²) in [4.78, 5) is 20.6. The molecule has 0 radical (unpaired) electrons. The molecule has 1 saturated heterocycles. The fraction of sp³-hybridized carbons (Fsp3) is 0.538. The zero-order valence-corrected chi connectivity index (χ0v) is 11.5. The lowest BCUT2D eigenvalue weighted by Gasteiger charge is -2.28. The Labute approximate surface area is 113 Å². The van der Waals surface area contributed by atoms with Gasteiger partial charge in [0.15, 0.2) is 0 Å². The Bertz CT molecular complexity index is 421. The van der Waals surface area contributed by atoms with Gasteiger partial charge in [-0.15, -0.1) is 0 Å². The predicted molar refractivity (Wildman–Crippen MR) is 71.9 cm³/mol. The molecule has 5 heteroatoms. The summed E-state index contributed by atoms with van der Waals surface area (Å²) in [5, 5.41) is 0.412. The van der Waals surface area contributed by atoms with Crippen LogP contribution in [0.2, 0.25) is 5.15 Å². The summed E-state index contributed by atoms with van der Waals surface area (Å²) in [6, 6.07) is 3.61. The van der Waals surface area contributed by atoms with Crippen LogP contribution in [0.25, 0.3) is 0 Å². The number of carbonyl (C=O) groups is 1. The first-order valence-electron chi connectivity index (χ1n) is 6.19. The zero-order valence-electron chi connectivity index (χ0n) is 10.8. The molecule has 1 aliphatic heterocycles. The first-order valence-corrected chi connectivity index (χ1v) is 6.57. The number of hydrogen-bond acceptors (Lipinski definition) is 3. The van der Waals surface area contributed by atoms with Crippen LogP contribution in [0.3, 0.4) is 0 Å². The molecule has 1 amide bonds. The van der Waals surface area contributed by atoms with E-state index in [4.69, 9.17) is 11.6 Å². The van der Waals surface area contributed by atoms with Gasteiger partial charge >= 0.3 is 0 Å². The van der Waals surface area contributed by atoms with Crippen molar-refractivity contribution in [2.75, 3.05) is 26.7 Å². The average molecular weight is 268 g/mol. The summed E-state index contributed by atoms with van der Waals surface area (Å²) >= 11 is 5.73. The van der Waals surface area contributed by atoms with E-state index in [-0.39, 0.29) is 11.9 Å². The lowest BCUT2D eigenvalue weighted by atomic mass is 10.2. The van der Waals surface area contributed by atoms with Crippen molar-refractivity contribution >= 4 is 17.5 Å². The van der Waals surface area contributed by atoms with E-state index >= 15 is 0 Å². The maximum atomic E-state index is 12.4. The van der Waals surface area contributed by atoms with E-state index < -0.39 is 0 Å². The van der Waals surface area contributed by atoms with E-state index in [1.54, 1.807) is 18.3 Å². The van der Waals surface area contributed by atoms with Crippen LogP contribution in [-0.2, 0) is 0 Å². The normalized spacial score (nSPS) is 21.7. The molecule has 0 aromatic carbocycles. The highest BCUT2D eigenvalue weighted by Gasteiger charge is 2.24. The van der Waals surface area contributed by atoms with Crippen LogP contribution in [0, 0.1) is 0 Å². The van der Waals surface area contributed by atoms with Crippen molar-refractivity contribution in [3.63, 3.8) is 0 Å². The van der Waals surface area contributed by atoms with Crippen LogP contribution in [0.4, 0.5) is 0 Å². The van der Waals surface area contributed by atoms with Gasteiger partial charge in [-0.3, -0.25) is 4.79 Å². The van der Waals surface area contributed by atoms with Gasteiger partial charge in [-0.25, -0.2) is 4.98 Å². The SMILES string of the molecule is CC1CN(C)CCCN1C(=O)c1ccc(Cl)nc1. The number of halogens is 1. The molecule has 98 valence electrons. The molecule has 2 rings (SSSR count). The molecule has 1 fully saturated rings. The Morgan fingerprint density at radius 3 is 2.89 bits per heavy atom. The van der Waals surface area contributed by atoms with Crippen molar-refractivity contribution in [3.8, 4) is 0 Å². The van der Waals surface area contributed by atoms with Crippen LogP contribution >= 0.6 is 11.6 Å². The number of rotatable bonds is 1. The molecular formula is C13H18ClN3O. The average Bonchev–Trinajstić information content (AvgIpc) is 2.50. The first kappa shape index (κ1) is 13.3. The van der Waals surface area contributed by atoms with Gasteiger partial charge in [0.05, 0.1) is 5.56 Å². The fourth-order valence-corrected chi connectivity index (χ4v) is 2.45. The Kier molecular flexibility index (Phi) is 4.19. The molecule has 2 heterocycles. The van der Waals surface area contributed by atoms with Crippen LogP contribution < -0.4 is 0 Å². The molecule has 4 nitrogen and oxygen atoms in total. The second kappa shape index (κ2) is 5.67. The number of aromatic nitrogens is 1. The number of pyridine rings is 1. The molecule has 18 heavy (non-hydrogen) atoms. The van der Waals surface area contributed by atoms with Crippen molar-refractivity contribution in [3.05, 3.63) is 29.0 Å². The summed E-state index contributed by atoms with van der Waals surface area (Å²) < 4.78 is 0. The molecule has 1 unspecified atom stereocenters. The molecule has 0 spiro atoms.